The quantitative estimate of drug-likeness (QED) is 0.451. The van der Waals surface area contributed by atoms with Gasteiger partial charge in [0.25, 0.3) is 10.2 Å². The molecule has 0 spiro atoms. The Kier molecular flexibility index (Phi) is 4.93. The summed E-state index contributed by atoms with van der Waals surface area (Å²) in [6.07, 6.45) is 0. The van der Waals surface area contributed by atoms with E-state index in [1.165, 1.54) is 0 Å². The van der Waals surface area contributed by atoms with Crippen LogP contribution in [0.5, 0.6) is 0 Å². The van der Waals surface area contributed by atoms with Gasteiger partial charge >= 0.3 is 29.6 Å². The summed E-state index contributed by atoms with van der Waals surface area (Å²) in [6.45, 7) is 0. The number of fused-ring (bicyclic) bond motifs is 1. The Bertz CT molecular complexity index is 494. The first-order chi connectivity index (χ1) is 5.89. The van der Waals surface area contributed by atoms with E-state index >= 15 is 0 Å². The van der Waals surface area contributed by atoms with E-state index in [9.17, 15) is 13.2 Å². The van der Waals surface area contributed by atoms with Crippen LogP contribution in [0.2, 0.25) is 0 Å². The maximum absolute atomic E-state index is 10.5. The van der Waals surface area contributed by atoms with Crippen LogP contribution in [0.4, 0.5) is 0 Å². The van der Waals surface area contributed by atoms with Crippen molar-refractivity contribution in [2.45, 2.75) is 0 Å². The van der Waals surface area contributed by atoms with Crippen molar-refractivity contribution in [3.8, 4) is 0 Å². The van der Waals surface area contributed by atoms with E-state index in [0.717, 1.165) is 10.8 Å². The molecule has 0 amide bonds. The monoisotopic (exact) mass is 224 g/mol. The van der Waals surface area contributed by atoms with Crippen LogP contribution >= 0.6 is 0 Å². The third-order valence-electron chi connectivity index (χ3n) is 1.35. The van der Waals surface area contributed by atoms with Crippen molar-refractivity contribution in [1.29, 1.82) is 0 Å². The molecule has 0 unspecified atom stereocenters. The molecular formula is C7H9N2NaO3S. The molecule has 2 rings (SSSR count). The molecule has 7 heteroatoms. The van der Waals surface area contributed by atoms with Gasteiger partial charge in [-0.3, -0.25) is 4.79 Å². The second-order valence-electron chi connectivity index (χ2n) is 2.46. The molecule has 2 aromatic rings. The summed E-state index contributed by atoms with van der Waals surface area (Å²) in [6, 6.07) is 7.45. The molecule has 0 aliphatic heterocycles. The Morgan fingerprint density at radius 3 is 1.57 bits per heavy atom. The first kappa shape index (κ1) is 13.8. The molecule has 0 heterocycles. The normalized spacial score (nSPS) is 10.4. The first-order valence-electron chi connectivity index (χ1n) is 3.34. The van der Waals surface area contributed by atoms with Crippen molar-refractivity contribution < 1.29 is 39.4 Å². The number of hydrogen-bond acceptors (Lipinski definition) is 3. The van der Waals surface area contributed by atoms with Gasteiger partial charge in [0.15, 0.2) is 5.43 Å². The molecular weight excluding hydrogens is 215 g/mol. The molecule has 0 aromatic heterocycles. The van der Waals surface area contributed by atoms with Crippen LogP contribution in [-0.4, -0.2) is 8.42 Å². The minimum Gasteiger partial charge on any atom is -1.00 e. The number of rotatable bonds is 0. The van der Waals surface area contributed by atoms with Crippen molar-refractivity contribution in [3.63, 3.8) is 0 Å². The molecule has 0 radical (unpaired) electrons. The summed E-state index contributed by atoms with van der Waals surface area (Å²) >= 11 is 0. The van der Waals surface area contributed by atoms with Crippen molar-refractivity contribution in [2.75, 3.05) is 0 Å². The largest absolute Gasteiger partial charge is 1.00 e. The van der Waals surface area contributed by atoms with Gasteiger partial charge in [-0.05, 0) is 0 Å². The van der Waals surface area contributed by atoms with Gasteiger partial charge in [-0.2, -0.15) is 8.42 Å². The van der Waals surface area contributed by atoms with Crippen molar-refractivity contribution in [1.82, 2.24) is 0 Å². The van der Waals surface area contributed by atoms with Gasteiger partial charge in [0.05, 0.1) is 0 Å². The van der Waals surface area contributed by atoms with Crippen LogP contribution in [0.1, 0.15) is 1.43 Å². The molecule has 2 aromatic carbocycles. The zero-order chi connectivity index (χ0) is 10.1. The summed E-state index contributed by atoms with van der Waals surface area (Å²) in [5, 5.41) is 10.0. The number of nitrogens with two attached hydrogens (primary N) is 2. The average Bonchev–Trinajstić information content (AvgIpc) is 2.61. The minimum atomic E-state index is -3.67. The molecule has 0 fully saturated rings. The number of benzene rings is 1. The molecule has 72 valence electrons. The topological polar surface area (TPSA) is 103 Å². The van der Waals surface area contributed by atoms with Crippen molar-refractivity contribution in [3.05, 3.63) is 34.5 Å². The molecule has 0 bridgehead atoms. The SMILES string of the molecule is NS(N)(=O)=O.O=c1c2ccccc12.[H-].[Na+]. The standard InChI is InChI=1S/C7H4O.H4N2O2S.Na.H/c8-7-5-3-1-2-4-6(5)7;1-5(2,3)4;;/h1-4H;(H4,1,2,3,4);;/q;;+1;-1. The van der Waals surface area contributed by atoms with Crippen LogP contribution in [0.25, 0.3) is 10.8 Å². The summed E-state index contributed by atoms with van der Waals surface area (Å²) < 4.78 is 18.4. The van der Waals surface area contributed by atoms with E-state index in [1.807, 2.05) is 24.3 Å². The maximum atomic E-state index is 10.5. The third-order valence-corrected chi connectivity index (χ3v) is 1.35. The van der Waals surface area contributed by atoms with E-state index in [2.05, 4.69) is 10.3 Å². The zero-order valence-electron chi connectivity index (χ0n) is 8.60. The fourth-order valence-electron chi connectivity index (χ4n) is 0.833. The second kappa shape index (κ2) is 5.01. The molecule has 5 nitrogen and oxygen atoms in total. The Morgan fingerprint density at radius 1 is 1.07 bits per heavy atom. The van der Waals surface area contributed by atoms with Gasteiger partial charge in [-0.1, -0.05) is 24.3 Å². The van der Waals surface area contributed by atoms with Gasteiger partial charge < -0.3 is 1.43 Å². The smallest absolute Gasteiger partial charge is 1.00 e. The van der Waals surface area contributed by atoms with Crippen LogP contribution in [0.15, 0.2) is 29.1 Å². The Hall–Kier alpha value is -0.240. The minimum absolute atomic E-state index is 0. The molecule has 0 aliphatic carbocycles. The van der Waals surface area contributed by atoms with E-state index in [0.29, 0.717) is 0 Å². The fourth-order valence-corrected chi connectivity index (χ4v) is 0.833. The van der Waals surface area contributed by atoms with Crippen molar-refractivity contribution >= 4 is 21.0 Å². The van der Waals surface area contributed by atoms with Crippen LogP contribution in [0, 0.1) is 0 Å². The van der Waals surface area contributed by atoms with Gasteiger partial charge in [0, 0.05) is 10.8 Å². The molecule has 0 saturated carbocycles. The zero-order valence-corrected chi connectivity index (χ0v) is 10.4. The van der Waals surface area contributed by atoms with Gasteiger partial charge in [0.2, 0.25) is 0 Å². The van der Waals surface area contributed by atoms with Crippen LogP contribution in [0.3, 0.4) is 0 Å². The average molecular weight is 224 g/mol. The van der Waals surface area contributed by atoms with Crippen molar-refractivity contribution in [2.24, 2.45) is 10.3 Å². The summed E-state index contributed by atoms with van der Waals surface area (Å²) in [5.74, 6) is 0. The first-order valence-corrected chi connectivity index (χ1v) is 4.95. The third kappa shape index (κ3) is 4.85. The van der Waals surface area contributed by atoms with Crippen LogP contribution in [-0.2, 0) is 10.2 Å². The Labute approximate surface area is 105 Å². The van der Waals surface area contributed by atoms with E-state index in [4.69, 9.17) is 0 Å². The predicted octanol–water partition coefficient (Wildman–Crippen LogP) is -3.66. The predicted molar refractivity (Wildman–Crippen MR) is 51.0 cm³/mol. The van der Waals surface area contributed by atoms with Gasteiger partial charge in [-0.15, -0.1) is 0 Å². The molecule has 0 aliphatic rings. The van der Waals surface area contributed by atoms with E-state index in [-0.39, 0.29) is 36.4 Å². The second-order valence-corrected chi connectivity index (χ2v) is 3.64. The Morgan fingerprint density at radius 2 is 1.36 bits per heavy atom. The molecule has 14 heavy (non-hydrogen) atoms. The maximum Gasteiger partial charge on any atom is 1.00 e. The Balaban J connectivity index is 0. The fraction of sp³-hybridized carbons (Fsp3) is 0. The summed E-state index contributed by atoms with van der Waals surface area (Å²) in [4.78, 5) is 10.5. The van der Waals surface area contributed by atoms with Gasteiger partial charge in [-0.25, -0.2) is 10.3 Å². The molecule has 0 saturated heterocycles. The summed E-state index contributed by atoms with van der Waals surface area (Å²) in [7, 11) is -3.67. The van der Waals surface area contributed by atoms with E-state index < -0.39 is 10.2 Å². The molecule has 0 atom stereocenters. The number of hydrogen-bond donors (Lipinski definition) is 2. The molecule has 4 N–H and O–H groups in total. The van der Waals surface area contributed by atoms with E-state index in [1.54, 1.807) is 0 Å². The van der Waals surface area contributed by atoms with Crippen LogP contribution < -0.4 is 45.3 Å². The summed E-state index contributed by atoms with van der Waals surface area (Å²) in [5.41, 5.74) is 0.218. The van der Waals surface area contributed by atoms with Gasteiger partial charge in [0.1, 0.15) is 0 Å².